The van der Waals surface area contributed by atoms with E-state index < -0.39 is 24.9 Å². The first-order valence-electron chi connectivity index (χ1n) is 16.3. The summed E-state index contributed by atoms with van der Waals surface area (Å²) in [5, 5.41) is 20.2. The fraction of sp³-hybridized carbons (Fsp3) is 0.824. The van der Waals surface area contributed by atoms with Crippen LogP contribution >= 0.6 is 0 Å². The third-order valence-electron chi connectivity index (χ3n) is 11.8. The lowest BCUT2D eigenvalue weighted by Crippen LogP contribution is -2.65. The number of hydrogen-bond donors (Lipinski definition) is 2. The average molecular weight is 619 g/mol. The molecular formula is C34H54O8Si. The number of carbonyl (C=O) groups excluding carboxylic acids is 2. The predicted molar refractivity (Wildman–Crippen MR) is 165 cm³/mol. The van der Waals surface area contributed by atoms with Crippen LogP contribution in [-0.4, -0.2) is 66.6 Å². The van der Waals surface area contributed by atoms with E-state index in [0.717, 1.165) is 49.9 Å². The normalized spacial score (nSPS) is 41.6. The molecule has 3 saturated carbocycles. The van der Waals surface area contributed by atoms with Crippen LogP contribution in [0.1, 0.15) is 92.9 Å². The summed E-state index contributed by atoms with van der Waals surface area (Å²) in [7, 11) is -2.17. The van der Waals surface area contributed by atoms with Gasteiger partial charge in [0.05, 0.1) is 23.4 Å². The van der Waals surface area contributed by atoms with Crippen molar-refractivity contribution in [1.29, 1.82) is 0 Å². The van der Waals surface area contributed by atoms with Crippen molar-refractivity contribution in [2.75, 3.05) is 6.61 Å². The summed E-state index contributed by atoms with van der Waals surface area (Å²) in [4.78, 5) is 24.5. The van der Waals surface area contributed by atoms with Gasteiger partial charge >= 0.3 is 11.9 Å². The predicted octanol–water partition coefficient (Wildman–Crippen LogP) is 5.82. The minimum atomic E-state index is -2.17. The molecule has 0 amide bonds. The second-order valence-corrected chi connectivity index (χ2v) is 20.3. The summed E-state index contributed by atoms with van der Waals surface area (Å²) >= 11 is 0. The minimum absolute atomic E-state index is 0.0186. The highest BCUT2D eigenvalue weighted by molar-refractivity contribution is 6.69. The molecule has 0 aromatic carbocycles. The lowest BCUT2D eigenvalue weighted by molar-refractivity contribution is -0.184. The lowest BCUT2D eigenvalue weighted by Gasteiger charge is -2.62. The molecule has 0 bridgehead atoms. The highest BCUT2D eigenvalue weighted by atomic mass is 28.4. The van der Waals surface area contributed by atoms with Crippen LogP contribution in [0.25, 0.3) is 0 Å². The van der Waals surface area contributed by atoms with E-state index in [4.69, 9.17) is 18.6 Å². The maximum atomic E-state index is 12.8. The zero-order valence-corrected chi connectivity index (χ0v) is 28.7. The number of carbonyl (C=O) groups is 2. The zero-order chi connectivity index (χ0) is 31.8. The first-order chi connectivity index (χ1) is 19.9. The molecule has 1 aliphatic heterocycles. The summed E-state index contributed by atoms with van der Waals surface area (Å²) in [6.07, 6.45) is 8.01. The van der Waals surface area contributed by atoms with Gasteiger partial charge in [-0.2, -0.15) is 0 Å². The maximum Gasteiger partial charge on any atom is 0.302 e. The van der Waals surface area contributed by atoms with E-state index in [1.165, 1.54) is 19.4 Å². The molecule has 10 atom stereocenters. The molecule has 1 heterocycles. The van der Waals surface area contributed by atoms with Crippen molar-refractivity contribution in [2.24, 2.45) is 28.6 Å². The van der Waals surface area contributed by atoms with Crippen LogP contribution in [0.3, 0.4) is 0 Å². The van der Waals surface area contributed by atoms with Gasteiger partial charge < -0.3 is 28.8 Å². The number of aliphatic hydroxyl groups excluding tert-OH is 1. The fourth-order valence-electron chi connectivity index (χ4n) is 9.84. The van der Waals surface area contributed by atoms with Crippen LogP contribution in [0.4, 0.5) is 0 Å². The third kappa shape index (κ3) is 5.34. The molecule has 4 aliphatic carbocycles. The van der Waals surface area contributed by atoms with Gasteiger partial charge in [0, 0.05) is 25.8 Å². The van der Waals surface area contributed by atoms with Gasteiger partial charge in [0.25, 0.3) is 0 Å². The van der Waals surface area contributed by atoms with Gasteiger partial charge in [-0.15, -0.1) is 0 Å². The first-order valence-corrected chi connectivity index (χ1v) is 19.8. The van der Waals surface area contributed by atoms with E-state index in [1.54, 1.807) is 6.92 Å². The van der Waals surface area contributed by atoms with Crippen LogP contribution in [0.5, 0.6) is 0 Å². The molecule has 43 heavy (non-hydrogen) atoms. The van der Waals surface area contributed by atoms with Gasteiger partial charge in [-0.25, -0.2) is 0 Å². The molecular weight excluding hydrogens is 564 g/mol. The Morgan fingerprint density at radius 2 is 1.77 bits per heavy atom. The largest absolute Gasteiger partial charge is 0.487 e. The Balaban J connectivity index is 1.56. The van der Waals surface area contributed by atoms with E-state index >= 15 is 0 Å². The first kappa shape index (κ1) is 32.7. The van der Waals surface area contributed by atoms with E-state index in [9.17, 15) is 19.8 Å². The summed E-state index contributed by atoms with van der Waals surface area (Å²) in [5.41, 5.74) is -0.262. The van der Waals surface area contributed by atoms with Crippen molar-refractivity contribution in [3.05, 3.63) is 23.0 Å². The van der Waals surface area contributed by atoms with Gasteiger partial charge in [0.2, 0.25) is 0 Å². The van der Waals surface area contributed by atoms with E-state index in [1.807, 2.05) is 0 Å². The quantitative estimate of drug-likeness (QED) is 0.199. The molecule has 0 unspecified atom stereocenters. The summed E-state index contributed by atoms with van der Waals surface area (Å²) in [5.74, 6) is 1.42. The number of hydrogen-bond acceptors (Lipinski definition) is 8. The number of ether oxygens (including phenoxy) is 3. The second-order valence-electron chi connectivity index (χ2n) is 15.8. The number of fused-ring (bicyclic) bond motifs is 7. The maximum absolute atomic E-state index is 12.8. The Morgan fingerprint density at radius 3 is 2.37 bits per heavy atom. The van der Waals surface area contributed by atoms with Crippen molar-refractivity contribution >= 4 is 20.3 Å². The highest BCUT2D eigenvalue weighted by Crippen LogP contribution is 2.71. The van der Waals surface area contributed by atoms with Crippen LogP contribution in [0.15, 0.2) is 23.0 Å². The minimum Gasteiger partial charge on any atom is -0.487 e. The number of rotatable bonds is 8. The Hall–Kier alpha value is -1.68. The zero-order valence-electron chi connectivity index (χ0n) is 27.7. The Kier molecular flexibility index (Phi) is 8.36. The van der Waals surface area contributed by atoms with Crippen molar-refractivity contribution in [3.8, 4) is 0 Å². The van der Waals surface area contributed by atoms with Gasteiger partial charge in [0.1, 0.15) is 23.9 Å². The molecule has 3 fully saturated rings. The number of esters is 2. The Bertz CT molecular complexity index is 1200. The lowest BCUT2D eigenvalue weighted by atomic mass is 9.44. The summed E-state index contributed by atoms with van der Waals surface area (Å²) in [6, 6.07) is 0. The fourth-order valence-corrected chi connectivity index (χ4v) is 11.3. The van der Waals surface area contributed by atoms with Gasteiger partial charge in [0.15, 0.2) is 8.32 Å². The van der Waals surface area contributed by atoms with Crippen molar-refractivity contribution in [2.45, 2.75) is 142 Å². The highest BCUT2D eigenvalue weighted by Gasteiger charge is 2.73. The van der Waals surface area contributed by atoms with Crippen molar-refractivity contribution in [1.82, 2.24) is 0 Å². The van der Waals surface area contributed by atoms with Crippen molar-refractivity contribution in [3.63, 3.8) is 0 Å². The smallest absolute Gasteiger partial charge is 0.302 e. The van der Waals surface area contributed by atoms with Crippen LogP contribution in [-0.2, 0) is 28.2 Å². The topological polar surface area (TPSA) is 112 Å². The Morgan fingerprint density at radius 1 is 1.09 bits per heavy atom. The van der Waals surface area contributed by atoms with Crippen LogP contribution in [0.2, 0.25) is 19.6 Å². The summed E-state index contributed by atoms with van der Waals surface area (Å²) < 4.78 is 26.1. The molecule has 2 N–H and O–H groups in total. The van der Waals surface area contributed by atoms with Gasteiger partial charge in [-0.3, -0.25) is 9.59 Å². The molecule has 5 rings (SSSR count). The van der Waals surface area contributed by atoms with Crippen LogP contribution in [0, 0.1) is 28.6 Å². The molecule has 0 radical (unpaired) electrons. The monoisotopic (exact) mass is 618 g/mol. The van der Waals surface area contributed by atoms with E-state index in [-0.39, 0.29) is 42.3 Å². The number of aliphatic hydroxyl groups is 2. The van der Waals surface area contributed by atoms with Crippen LogP contribution < -0.4 is 0 Å². The molecule has 0 saturated heterocycles. The average Bonchev–Trinajstić information content (AvgIpc) is 3.29. The second kappa shape index (κ2) is 11.0. The molecule has 9 heteroatoms. The van der Waals surface area contributed by atoms with Crippen molar-refractivity contribution < 1.29 is 38.4 Å². The molecule has 5 aliphatic rings. The molecule has 0 aromatic heterocycles. The Labute approximate surface area is 258 Å². The molecule has 8 nitrogen and oxygen atoms in total. The number of allylic oxidation sites excluding steroid dienone is 1. The van der Waals surface area contributed by atoms with Gasteiger partial charge in [-0.05, 0) is 115 Å². The SMILES string of the molecule is CC(=O)O[C@H]1CC[C@@]2(C)[C@@H](CC[C@H]3C4=C[C@@H]5OC(CC[C@](C)(O)CO)=C(C)[C@]5(O[Si](C)(C)C)[C@@]4(C)[C@H](OC(C)=O)C[C@@H]32)C1. The third-order valence-corrected chi connectivity index (χ3v) is 12.8. The molecule has 242 valence electrons. The molecule has 0 aromatic rings. The van der Waals surface area contributed by atoms with E-state index in [0.29, 0.717) is 30.6 Å². The molecule has 0 spiro atoms. The van der Waals surface area contributed by atoms with Gasteiger partial charge in [-0.1, -0.05) is 12.5 Å². The standard InChI is InChI=1S/C34H54O8Si/c1-20-28(13-14-31(4,38)19-35)41-30-18-27-25-11-10-23-16-24(39-21(2)36)12-15-32(23,5)26(25)17-29(40-22(3)37)33(27,6)34(20,30)42-43(7,8)9/h18,23-26,29-30,35,38H,10-17,19H2,1-9H3/t23-,24-,25+,26-,29+,30-,31-,32-,33+,34+/m0/s1. The summed E-state index contributed by atoms with van der Waals surface area (Å²) in [6.45, 7) is 17.7. The van der Waals surface area contributed by atoms with E-state index in [2.05, 4.69) is 46.5 Å².